The number of fused-ring (bicyclic) bond motifs is 1. The van der Waals surface area contributed by atoms with E-state index in [9.17, 15) is 18.4 Å². The smallest absolute Gasteiger partial charge is 0.387 e. The molecule has 1 heterocycles. The van der Waals surface area contributed by atoms with E-state index in [0.29, 0.717) is 17.5 Å². The zero-order valence-corrected chi connectivity index (χ0v) is 16.0. The van der Waals surface area contributed by atoms with Crippen LogP contribution in [0.5, 0.6) is 11.5 Å². The molecule has 8 heteroatoms. The molecule has 0 saturated heterocycles. The average Bonchev–Trinajstić information content (AvgIpc) is 2.67. The number of amides is 1. The molecule has 3 rings (SSSR count). The van der Waals surface area contributed by atoms with Gasteiger partial charge in [-0.25, -0.2) is 4.79 Å². The summed E-state index contributed by atoms with van der Waals surface area (Å²) >= 11 is 0. The van der Waals surface area contributed by atoms with Crippen LogP contribution >= 0.6 is 0 Å². The van der Waals surface area contributed by atoms with Crippen molar-refractivity contribution in [3.8, 4) is 11.5 Å². The summed E-state index contributed by atoms with van der Waals surface area (Å²) in [6, 6.07) is 11.7. The first-order chi connectivity index (χ1) is 13.8. The molecule has 0 radical (unpaired) electrons. The van der Waals surface area contributed by atoms with Crippen LogP contribution in [0.15, 0.2) is 42.5 Å². The maximum atomic E-state index is 12.6. The van der Waals surface area contributed by atoms with Gasteiger partial charge in [0.25, 0.3) is 5.91 Å². The van der Waals surface area contributed by atoms with Gasteiger partial charge in [-0.15, -0.1) is 0 Å². The molecule has 1 unspecified atom stereocenters. The Kier molecular flexibility index (Phi) is 6.00. The quantitative estimate of drug-likeness (QED) is 0.717. The first-order valence-corrected chi connectivity index (χ1v) is 9.03. The second-order valence-electron chi connectivity index (χ2n) is 6.82. The fourth-order valence-electron chi connectivity index (χ4n) is 3.23. The van der Waals surface area contributed by atoms with Crippen LogP contribution in [0.4, 0.5) is 8.78 Å². The molecule has 0 spiro atoms. The van der Waals surface area contributed by atoms with Crippen LogP contribution < -0.4 is 14.8 Å². The second kappa shape index (κ2) is 8.46. The Hall–Kier alpha value is -3.16. The number of hydrogen-bond donors (Lipinski definition) is 1. The minimum Gasteiger partial charge on any atom is -0.493 e. The molecule has 154 valence electrons. The highest BCUT2D eigenvalue weighted by Crippen LogP contribution is 2.30. The molecule has 29 heavy (non-hydrogen) atoms. The number of esters is 1. The molecule has 1 amide bonds. The number of benzene rings is 2. The van der Waals surface area contributed by atoms with E-state index in [1.807, 2.05) is 0 Å². The lowest BCUT2D eigenvalue weighted by Crippen LogP contribution is -2.52. The molecule has 0 aromatic heterocycles. The van der Waals surface area contributed by atoms with Crippen LogP contribution in [0.1, 0.15) is 28.4 Å². The van der Waals surface area contributed by atoms with Gasteiger partial charge in [-0.05, 0) is 42.7 Å². The number of carbonyl (C=O) groups excluding carboxylic acids is 2. The van der Waals surface area contributed by atoms with Gasteiger partial charge in [0, 0.05) is 13.0 Å². The Morgan fingerprint density at radius 2 is 2.00 bits per heavy atom. The molecule has 1 atom stereocenters. The van der Waals surface area contributed by atoms with Crippen LogP contribution in [-0.2, 0) is 22.4 Å². The van der Waals surface area contributed by atoms with Crippen molar-refractivity contribution in [2.75, 3.05) is 13.7 Å². The second-order valence-corrected chi connectivity index (χ2v) is 6.82. The van der Waals surface area contributed by atoms with E-state index < -0.39 is 24.1 Å². The molecule has 0 fully saturated rings. The zero-order valence-electron chi connectivity index (χ0n) is 16.0. The molecule has 1 aliphatic heterocycles. The maximum absolute atomic E-state index is 12.6. The van der Waals surface area contributed by atoms with Gasteiger partial charge in [0.2, 0.25) is 0 Å². The van der Waals surface area contributed by atoms with E-state index in [1.165, 1.54) is 19.2 Å². The van der Waals surface area contributed by atoms with Crippen LogP contribution in [-0.4, -0.2) is 37.7 Å². The SMILES string of the molecule is COc1ccc(CCNC(=O)C2(C)Cc3ccccc3C(=O)O2)cc1OC(F)F. The number of cyclic esters (lactones) is 1. The van der Waals surface area contributed by atoms with Crippen molar-refractivity contribution in [2.24, 2.45) is 0 Å². The Labute approximate surface area is 166 Å². The first-order valence-electron chi connectivity index (χ1n) is 9.03. The fraction of sp³-hybridized carbons (Fsp3) is 0.333. The van der Waals surface area contributed by atoms with Crippen molar-refractivity contribution in [1.29, 1.82) is 0 Å². The molecule has 2 aromatic rings. The third kappa shape index (κ3) is 4.64. The summed E-state index contributed by atoms with van der Waals surface area (Å²) in [5.41, 5.74) is 0.584. The first kappa shape index (κ1) is 20.6. The third-order valence-electron chi connectivity index (χ3n) is 4.71. The summed E-state index contributed by atoms with van der Waals surface area (Å²) in [6.07, 6.45) is 0.644. The van der Waals surface area contributed by atoms with Gasteiger partial charge in [-0.2, -0.15) is 8.78 Å². The number of methoxy groups -OCH3 is 1. The largest absolute Gasteiger partial charge is 0.493 e. The predicted octanol–water partition coefficient (Wildman–Crippen LogP) is 3.13. The van der Waals surface area contributed by atoms with Gasteiger partial charge in [0.05, 0.1) is 12.7 Å². The number of halogens is 2. The Bertz CT molecular complexity index is 918. The highest BCUT2D eigenvalue weighted by Gasteiger charge is 2.42. The van der Waals surface area contributed by atoms with Gasteiger partial charge in [-0.1, -0.05) is 24.3 Å². The minimum atomic E-state index is -2.97. The molecule has 1 N–H and O–H groups in total. The Balaban J connectivity index is 1.62. The van der Waals surface area contributed by atoms with Crippen molar-refractivity contribution >= 4 is 11.9 Å². The topological polar surface area (TPSA) is 73.9 Å². The number of hydrogen-bond acceptors (Lipinski definition) is 5. The molecular formula is C21H21F2NO5. The van der Waals surface area contributed by atoms with E-state index >= 15 is 0 Å². The van der Waals surface area contributed by atoms with Crippen molar-refractivity contribution < 1.29 is 32.6 Å². The highest BCUT2D eigenvalue weighted by molar-refractivity contribution is 5.97. The highest BCUT2D eigenvalue weighted by atomic mass is 19.3. The summed E-state index contributed by atoms with van der Waals surface area (Å²) in [4.78, 5) is 24.8. The number of rotatable bonds is 7. The normalized spacial score (nSPS) is 18.0. The van der Waals surface area contributed by atoms with Gasteiger partial charge < -0.3 is 19.5 Å². The number of carbonyl (C=O) groups is 2. The van der Waals surface area contributed by atoms with Crippen LogP contribution in [0.25, 0.3) is 0 Å². The molecule has 0 saturated carbocycles. The summed E-state index contributed by atoms with van der Waals surface area (Å²) in [6.45, 7) is -1.17. The lowest BCUT2D eigenvalue weighted by atomic mass is 9.89. The fourth-order valence-corrected chi connectivity index (χ4v) is 3.23. The standard InChI is InChI=1S/C21H21F2NO5/c1-21(12-14-5-3-4-6-15(14)18(25)29-21)19(26)24-10-9-13-7-8-16(27-2)17(11-13)28-20(22)23/h3-8,11,20H,9-10,12H2,1-2H3,(H,24,26). The van der Waals surface area contributed by atoms with E-state index in [-0.39, 0.29) is 24.5 Å². The lowest BCUT2D eigenvalue weighted by molar-refractivity contribution is -0.139. The molecular weight excluding hydrogens is 384 g/mol. The molecule has 0 bridgehead atoms. The van der Waals surface area contributed by atoms with Gasteiger partial charge in [0.15, 0.2) is 17.1 Å². The lowest BCUT2D eigenvalue weighted by Gasteiger charge is -2.33. The molecule has 6 nitrogen and oxygen atoms in total. The Morgan fingerprint density at radius 3 is 2.72 bits per heavy atom. The van der Waals surface area contributed by atoms with Gasteiger partial charge in [0.1, 0.15) is 0 Å². The number of alkyl halides is 2. The monoisotopic (exact) mass is 405 g/mol. The van der Waals surface area contributed by atoms with E-state index in [1.54, 1.807) is 37.3 Å². The van der Waals surface area contributed by atoms with Crippen molar-refractivity contribution in [3.63, 3.8) is 0 Å². The van der Waals surface area contributed by atoms with E-state index in [0.717, 1.165) is 5.56 Å². The van der Waals surface area contributed by atoms with Crippen molar-refractivity contribution in [2.45, 2.75) is 32.0 Å². The van der Waals surface area contributed by atoms with Crippen molar-refractivity contribution in [1.82, 2.24) is 5.32 Å². The van der Waals surface area contributed by atoms with Crippen LogP contribution in [0.3, 0.4) is 0 Å². The summed E-state index contributed by atoms with van der Waals surface area (Å²) in [5.74, 6) is -0.833. The van der Waals surface area contributed by atoms with E-state index in [4.69, 9.17) is 9.47 Å². The minimum absolute atomic E-state index is 0.0731. The predicted molar refractivity (Wildman–Crippen MR) is 100 cm³/mol. The number of nitrogens with one attached hydrogen (secondary N) is 1. The number of ether oxygens (including phenoxy) is 3. The summed E-state index contributed by atoms with van der Waals surface area (Å²) in [7, 11) is 1.36. The Morgan fingerprint density at radius 1 is 1.24 bits per heavy atom. The zero-order chi connectivity index (χ0) is 21.0. The van der Waals surface area contributed by atoms with Gasteiger partial charge >= 0.3 is 12.6 Å². The summed E-state index contributed by atoms with van der Waals surface area (Å²) < 4.78 is 39.9. The van der Waals surface area contributed by atoms with Crippen LogP contribution in [0, 0.1) is 0 Å². The maximum Gasteiger partial charge on any atom is 0.387 e. The molecule has 2 aromatic carbocycles. The van der Waals surface area contributed by atoms with Gasteiger partial charge in [-0.3, -0.25) is 4.79 Å². The summed E-state index contributed by atoms with van der Waals surface area (Å²) in [5, 5.41) is 2.75. The van der Waals surface area contributed by atoms with E-state index in [2.05, 4.69) is 10.1 Å². The molecule has 1 aliphatic rings. The molecule has 0 aliphatic carbocycles. The average molecular weight is 405 g/mol. The van der Waals surface area contributed by atoms with Crippen LogP contribution in [0.2, 0.25) is 0 Å². The third-order valence-corrected chi connectivity index (χ3v) is 4.71. The van der Waals surface area contributed by atoms with Crippen molar-refractivity contribution in [3.05, 3.63) is 59.2 Å².